The van der Waals surface area contributed by atoms with Crippen LogP contribution >= 0.6 is 0 Å². The molecule has 2 atom stereocenters. The minimum absolute atomic E-state index is 0.0571. The number of carbonyl (C=O) groups excluding carboxylic acids is 1. The molecule has 1 N–H and O–H groups in total. The van der Waals surface area contributed by atoms with Crippen molar-refractivity contribution >= 4 is 5.91 Å². The normalized spacial score (nSPS) is 22.2. The molecule has 1 aliphatic heterocycles. The Morgan fingerprint density at radius 3 is 2.61 bits per heavy atom. The van der Waals surface area contributed by atoms with E-state index in [1.165, 1.54) is 11.3 Å². The first-order chi connectivity index (χ1) is 13.5. The highest BCUT2D eigenvalue weighted by Crippen LogP contribution is 2.28. The molecule has 2 heterocycles. The van der Waals surface area contributed by atoms with E-state index in [-0.39, 0.29) is 18.1 Å². The average Bonchev–Trinajstić information content (AvgIpc) is 3.24. The summed E-state index contributed by atoms with van der Waals surface area (Å²) in [6.45, 7) is 9.57. The zero-order valence-corrected chi connectivity index (χ0v) is 17.1. The number of nitrogens with zero attached hydrogens (tertiary/aromatic N) is 3. The number of aromatic nitrogens is 2. The number of amides is 1. The lowest BCUT2D eigenvalue weighted by Gasteiger charge is -2.35. The summed E-state index contributed by atoms with van der Waals surface area (Å²) in [6, 6.07) is 8.32. The number of benzene rings is 1. The maximum atomic E-state index is 12.8. The molecule has 4 rings (SSSR count). The van der Waals surface area contributed by atoms with Gasteiger partial charge in [0.25, 0.3) is 5.91 Å². The molecule has 0 bridgehead atoms. The molecule has 150 valence electrons. The lowest BCUT2D eigenvalue weighted by molar-refractivity contribution is -0.0672. The highest BCUT2D eigenvalue weighted by atomic mass is 16.5. The van der Waals surface area contributed by atoms with Gasteiger partial charge in [-0.3, -0.25) is 9.69 Å². The van der Waals surface area contributed by atoms with Gasteiger partial charge in [-0.2, -0.15) is 5.10 Å². The van der Waals surface area contributed by atoms with Crippen molar-refractivity contribution in [1.29, 1.82) is 0 Å². The Balaban J connectivity index is 1.43. The van der Waals surface area contributed by atoms with Crippen molar-refractivity contribution in [2.75, 3.05) is 26.2 Å². The molecule has 2 aliphatic rings. The van der Waals surface area contributed by atoms with Crippen molar-refractivity contribution < 1.29 is 9.53 Å². The zero-order valence-electron chi connectivity index (χ0n) is 17.1. The van der Waals surface area contributed by atoms with Crippen LogP contribution in [0.3, 0.4) is 0 Å². The number of hydrogen-bond donors (Lipinski definition) is 1. The van der Waals surface area contributed by atoms with Crippen LogP contribution in [0.25, 0.3) is 5.69 Å². The van der Waals surface area contributed by atoms with E-state index in [2.05, 4.69) is 55.3 Å². The quantitative estimate of drug-likeness (QED) is 0.863. The highest BCUT2D eigenvalue weighted by Gasteiger charge is 2.27. The molecule has 1 aromatic carbocycles. The van der Waals surface area contributed by atoms with Crippen LogP contribution in [0.2, 0.25) is 0 Å². The molecular weight excluding hydrogens is 352 g/mol. The molecule has 0 radical (unpaired) electrons. The molecule has 1 aliphatic carbocycles. The Bertz CT molecular complexity index is 833. The molecule has 2 unspecified atom stereocenters. The number of hydrogen-bond acceptors (Lipinski definition) is 4. The first-order valence-corrected chi connectivity index (χ1v) is 10.3. The smallest absolute Gasteiger partial charge is 0.272 e. The molecule has 6 heteroatoms. The second kappa shape index (κ2) is 8.05. The van der Waals surface area contributed by atoms with Gasteiger partial charge in [0, 0.05) is 37.4 Å². The van der Waals surface area contributed by atoms with Gasteiger partial charge >= 0.3 is 0 Å². The predicted molar refractivity (Wildman–Crippen MR) is 109 cm³/mol. The van der Waals surface area contributed by atoms with Crippen molar-refractivity contribution in [3.8, 4) is 5.69 Å². The van der Waals surface area contributed by atoms with Gasteiger partial charge in [-0.1, -0.05) is 17.7 Å². The van der Waals surface area contributed by atoms with Crippen LogP contribution in [-0.4, -0.2) is 59.0 Å². The third kappa shape index (κ3) is 3.98. The number of morpholine rings is 1. The minimum atomic E-state index is -0.0571. The Labute approximate surface area is 166 Å². The van der Waals surface area contributed by atoms with Crippen LogP contribution in [0.15, 0.2) is 24.3 Å². The third-order valence-corrected chi connectivity index (χ3v) is 5.63. The van der Waals surface area contributed by atoms with Crippen molar-refractivity contribution in [1.82, 2.24) is 20.0 Å². The topological polar surface area (TPSA) is 59.4 Å². The van der Waals surface area contributed by atoms with Gasteiger partial charge in [0.05, 0.1) is 17.9 Å². The maximum absolute atomic E-state index is 12.8. The molecular formula is C22H30N4O2. The minimum Gasteiger partial charge on any atom is -0.373 e. The molecule has 1 aromatic heterocycles. The largest absolute Gasteiger partial charge is 0.373 e. The summed E-state index contributed by atoms with van der Waals surface area (Å²) in [4.78, 5) is 15.2. The fourth-order valence-electron chi connectivity index (χ4n) is 4.40. The molecule has 6 nitrogen and oxygen atoms in total. The van der Waals surface area contributed by atoms with E-state index in [1.54, 1.807) is 0 Å². The first kappa shape index (κ1) is 19.2. The van der Waals surface area contributed by atoms with Crippen LogP contribution in [0.1, 0.15) is 47.6 Å². The number of aryl methyl sites for hydroxylation is 1. The third-order valence-electron chi connectivity index (χ3n) is 5.63. The van der Waals surface area contributed by atoms with E-state index in [4.69, 9.17) is 9.84 Å². The molecule has 1 amide bonds. The Morgan fingerprint density at radius 2 is 1.89 bits per heavy atom. The molecule has 1 fully saturated rings. The average molecular weight is 383 g/mol. The predicted octanol–water partition coefficient (Wildman–Crippen LogP) is 2.51. The zero-order chi connectivity index (χ0) is 19.7. The molecule has 0 saturated carbocycles. The van der Waals surface area contributed by atoms with Gasteiger partial charge in [-0.15, -0.1) is 0 Å². The number of carbonyl (C=O) groups is 1. The van der Waals surface area contributed by atoms with E-state index in [0.717, 1.165) is 50.1 Å². The Kier molecular flexibility index (Phi) is 5.51. The SMILES string of the molecule is Cc1ccc(-n2nc(C(=O)NCCN3CC(C)OC(C)C3)c3c2CCC3)cc1. The van der Waals surface area contributed by atoms with Crippen LogP contribution in [-0.2, 0) is 17.6 Å². The van der Waals surface area contributed by atoms with Crippen LogP contribution < -0.4 is 5.32 Å². The molecule has 28 heavy (non-hydrogen) atoms. The lowest BCUT2D eigenvalue weighted by Crippen LogP contribution is -2.47. The Hall–Kier alpha value is -2.18. The van der Waals surface area contributed by atoms with Crippen molar-refractivity contribution in [2.24, 2.45) is 0 Å². The first-order valence-electron chi connectivity index (χ1n) is 10.3. The fraction of sp³-hybridized carbons (Fsp3) is 0.545. The maximum Gasteiger partial charge on any atom is 0.272 e. The van der Waals surface area contributed by atoms with E-state index >= 15 is 0 Å². The number of fused-ring (bicyclic) bond motifs is 1. The van der Waals surface area contributed by atoms with Crippen LogP contribution in [0, 0.1) is 6.92 Å². The lowest BCUT2D eigenvalue weighted by atomic mass is 10.2. The molecule has 1 saturated heterocycles. The van der Waals surface area contributed by atoms with Crippen LogP contribution in [0.5, 0.6) is 0 Å². The number of ether oxygens (including phenoxy) is 1. The summed E-state index contributed by atoms with van der Waals surface area (Å²) >= 11 is 0. The van der Waals surface area contributed by atoms with Gasteiger partial charge in [-0.25, -0.2) is 4.68 Å². The van der Waals surface area contributed by atoms with Gasteiger partial charge < -0.3 is 10.1 Å². The van der Waals surface area contributed by atoms with Gasteiger partial charge in [0.15, 0.2) is 5.69 Å². The summed E-state index contributed by atoms with van der Waals surface area (Å²) in [5.41, 5.74) is 5.14. The number of rotatable bonds is 5. The van der Waals surface area contributed by atoms with E-state index in [1.807, 2.05) is 4.68 Å². The van der Waals surface area contributed by atoms with Crippen molar-refractivity contribution in [3.63, 3.8) is 0 Å². The monoisotopic (exact) mass is 382 g/mol. The second-order valence-corrected chi connectivity index (χ2v) is 8.15. The van der Waals surface area contributed by atoms with E-state index in [9.17, 15) is 4.79 Å². The molecule has 2 aromatic rings. The highest BCUT2D eigenvalue weighted by molar-refractivity contribution is 5.94. The van der Waals surface area contributed by atoms with Crippen molar-refractivity contribution in [2.45, 2.75) is 52.2 Å². The summed E-state index contributed by atoms with van der Waals surface area (Å²) in [5.74, 6) is -0.0571. The molecule has 0 spiro atoms. The van der Waals surface area contributed by atoms with Crippen LogP contribution in [0.4, 0.5) is 0 Å². The summed E-state index contributed by atoms with van der Waals surface area (Å²) in [5, 5.41) is 7.77. The van der Waals surface area contributed by atoms with Gasteiger partial charge in [-0.05, 0) is 52.2 Å². The standard InChI is InChI=1S/C22H30N4O2/c1-15-7-9-18(10-8-15)26-20-6-4-5-19(20)21(24-26)22(27)23-11-12-25-13-16(2)28-17(3)14-25/h7-10,16-17H,4-6,11-14H2,1-3H3,(H,23,27). The van der Waals surface area contributed by atoms with Gasteiger partial charge in [0.2, 0.25) is 0 Å². The summed E-state index contributed by atoms with van der Waals surface area (Å²) in [7, 11) is 0. The van der Waals surface area contributed by atoms with E-state index < -0.39 is 0 Å². The van der Waals surface area contributed by atoms with E-state index in [0.29, 0.717) is 12.2 Å². The second-order valence-electron chi connectivity index (χ2n) is 8.15. The summed E-state index contributed by atoms with van der Waals surface area (Å²) < 4.78 is 7.73. The fourth-order valence-corrected chi connectivity index (χ4v) is 4.40. The Morgan fingerprint density at radius 1 is 1.18 bits per heavy atom. The summed E-state index contributed by atoms with van der Waals surface area (Å²) in [6.07, 6.45) is 3.49. The number of nitrogens with one attached hydrogen (secondary N) is 1. The van der Waals surface area contributed by atoms with Crippen molar-refractivity contribution in [3.05, 3.63) is 46.8 Å². The van der Waals surface area contributed by atoms with Gasteiger partial charge in [0.1, 0.15) is 0 Å².